The number of rotatable bonds is 34. The monoisotopic (exact) mass is 1720 g/mol. The maximum absolute atomic E-state index is 13.2. The number of aromatic nitrogens is 12. The number of aliphatic carboxylic acids is 2. The van der Waals surface area contributed by atoms with E-state index < -0.39 is 155 Å². The molecule has 110 heavy (non-hydrogen) atoms. The minimum atomic E-state index is -4.36. The second-order valence-electron chi connectivity index (χ2n) is 25.5. The summed E-state index contributed by atoms with van der Waals surface area (Å²) in [6, 6.07) is -3.58. The molecule has 0 aromatic carbocycles. The first-order chi connectivity index (χ1) is 52.0. The summed E-state index contributed by atoms with van der Waals surface area (Å²) in [5, 5.41) is 58.8. The normalized spacial score (nSPS) is 28.0. The van der Waals surface area contributed by atoms with E-state index in [1.165, 1.54) is 50.2 Å². The third kappa shape index (κ3) is 21.2. The lowest BCUT2D eigenvalue weighted by Gasteiger charge is -2.30. The number of anilines is 3. The lowest BCUT2D eigenvalue weighted by molar-refractivity contribution is -0.140. The van der Waals surface area contributed by atoms with Gasteiger partial charge in [-0.2, -0.15) is 0 Å². The number of aliphatic hydroxyl groups excluding tert-OH is 3. The Morgan fingerprint density at radius 1 is 0.627 bits per heavy atom. The van der Waals surface area contributed by atoms with E-state index >= 15 is 0 Å². The molecule has 6 aromatic heterocycles. The number of urea groups is 1. The third-order valence-electron chi connectivity index (χ3n) is 18.1. The van der Waals surface area contributed by atoms with Crippen molar-refractivity contribution in [3.05, 3.63) is 38.0 Å². The molecular weight excluding hydrogens is 1640 g/mol. The first-order valence-corrected chi connectivity index (χ1v) is 45.1. The summed E-state index contributed by atoms with van der Waals surface area (Å²) >= 11 is 21.0. The van der Waals surface area contributed by atoms with Crippen LogP contribution in [0.3, 0.4) is 0 Å². The van der Waals surface area contributed by atoms with Gasteiger partial charge in [0.1, 0.15) is 96.4 Å². The van der Waals surface area contributed by atoms with Gasteiger partial charge in [0, 0.05) is 38.3 Å². The van der Waals surface area contributed by atoms with Gasteiger partial charge in [0.2, 0.25) is 17.7 Å². The Balaban J connectivity index is 0.000000238. The molecule has 0 radical (unpaired) electrons. The number of ether oxygens (including phenoxy) is 3. The van der Waals surface area contributed by atoms with Crippen LogP contribution >= 0.6 is 38.6 Å². The Labute approximate surface area is 648 Å². The molecule has 5 amide bonds. The van der Waals surface area contributed by atoms with E-state index in [4.69, 9.17) is 98.5 Å². The van der Waals surface area contributed by atoms with Crippen LogP contribution in [0, 0.1) is 11.8 Å². The topological polar surface area (TPSA) is 645 Å². The average molecular weight is 1720 g/mol. The number of carboxylic acids is 2. The molecular formula is C56H81N19O26P4S5. The van der Waals surface area contributed by atoms with Crippen LogP contribution in [0.2, 0.25) is 0 Å². The summed E-state index contributed by atoms with van der Waals surface area (Å²) < 4.78 is 60.2. The van der Waals surface area contributed by atoms with Gasteiger partial charge >= 0.3 is 44.8 Å². The molecule has 10 heterocycles. The fraction of sp³-hybridized carbons (Fsp3) is 0.625. The molecule has 6 aromatic rings. The number of hydrogen-bond acceptors (Lipinski definition) is 36. The Kier molecular flexibility index (Phi) is 29.2. The van der Waals surface area contributed by atoms with Crippen molar-refractivity contribution >= 4 is 173 Å². The van der Waals surface area contributed by atoms with Crippen LogP contribution in [-0.2, 0) is 117 Å². The maximum Gasteiger partial charge on any atom is 0.327 e. The number of fused-ring (bicyclic) bond motifs is 3. The highest BCUT2D eigenvalue weighted by atomic mass is 32.5. The number of carboxylic acid groups (broad SMARTS) is 2. The highest BCUT2D eigenvalue weighted by Crippen LogP contribution is 2.54. The van der Waals surface area contributed by atoms with E-state index in [9.17, 15) is 78.8 Å². The highest BCUT2D eigenvalue weighted by molar-refractivity contribution is 8.08. The molecule has 45 nitrogen and oxygen atoms in total. The fourth-order valence-electron chi connectivity index (χ4n) is 12.6. The number of nitrogens with zero attached hydrogens (tertiary/aromatic N) is 13. The van der Waals surface area contributed by atoms with Gasteiger partial charge in [0.15, 0.2) is 53.1 Å². The van der Waals surface area contributed by atoms with Gasteiger partial charge < -0.3 is 115 Å². The predicted octanol–water partition coefficient (Wildman–Crippen LogP) is -0.686. The van der Waals surface area contributed by atoms with Gasteiger partial charge in [-0.05, 0) is 98.1 Å². The second kappa shape index (κ2) is 37.1. The van der Waals surface area contributed by atoms with Crippen LogP contribution in [0.4, 0.5) is 22.2 Å². The number of likely N-dealkylation sites (tertiary alicyclic amines) is 1. The minimum Gasteiger partial charge on any atom is -0.480 e. The van der Waals surface area contributed by atoms with Crippen molar-refractivity contribution in [1.29, 1.82) is 0 Å². The zero-order valence-electron chi connectivity index (χ0n) is 58.3. The van der Waals surface area contributed by atoms with Crippen molar-refractivity contribution in [3.8, 4) is 0 Å². The van der Waals surface area contributed by atoms with Crippen molar-refractivity contribution in [2.75, 3.05) is 63.0 Å². The first-order valence-electron chi connectivity index (χ1n) is 33.7. The van der Waals surface area contributed by atoms with Gasteiger partial charge in [-0.1, -0.05) is 20.3 Å². The summed E-state index contributed by atoms with van der Waals surface area (Å²) in [6.45, 7) is -13.6. The smallest absolute Gasteiger partial charge is 0.327 e. The summed E-state index contributed by atoms with van der Waals surface area (Å²) in [6.07, 6.45) is -3.96. The van der Waals surface area contributed by atoms with Gasteiger partial charge in [-0.25, -0.2) is 59.2 Å². The number of carbonyl (C=O) groups is 6. The Morgan fingerprint density at radius 3 is 1.53 bits per heavy atom. The minimum absolute atomic E-state index is 0.0230. The number of aliphatic hydroxyl groups is 3. The molecule has 0 bridgehead atoms. The van der Waals surface area contributed by atoms with Crippen LogP contribution in [0.25, 0.3) is 33.5 Å². The van der Waals surface area contributed by atoms with E-state index in [1.54, 1.807) is 6.92 Å². The third-order valence-corrected chi connectivity index (χ3v) is 25.0. The zero-order valence-corrected chi connectivity index (χ0v) is 65.9. The van der Waals surface area contributed by atoms with Crippen molar-refractivity contribution in [2.24, 2.45) is 11.8 Å². The number of thioether (sulfide) groups is 1. The Hall–Kier alpha value is -5.90. The van der Waals surface area contributed by atoms with E-state index in [0.717, 1.165) is 25.2 Å². The van der Waals surface area contributed by atoms with Crippen LogP contribution < -0.4 is 33.2 Å². The van der Waals surface area contributed by atoms with Crippen molar-refractivity contribution in [1.82, 2.24) is 79.4 Å². The molecule has 4 saturated heterocycles. The van der Waals surface area contributed by atoms with E-state index in [0.29, 0.717) is 56.1 Å². The number of amides is 5. The number of hydrogen-bond donors (Lipinski definition) is 16. The fourth-order valence-corrected chi connectivity index (χ4v) is 18.1. The summed E-state index contributed by atoms with van der Waals surface area (Å²) in [4.78, 5) is 164. The molecule has 606 valence electrons. The highest BCUT2D eigenvalue weighted by Gasteiger charge is 2.53. The molecule has 11 rings (SSSR count). The molecule has 9 unspecified atom stereocenters. The molecule has 0 spiro atoms. The molecule has 19 N–H and O–H groups in total. The van der Waals surface area contributed by atoms with E-state index in [2.05, 4.69) is 72.6 Å². The number of carbonyl (C=O) groups excluding carboxylic acids is 4. The quantitative estimate of drug-likeness (QED) is 0.0135. The lowest BCUT2D eigenvalue weighted by atomic mass is 9.81. The van der Waals surface area contributed by atoms with Crippen molar-refractivity contribution in [3.63, 3.8) is 0 Å². The molecule has 1 saturated carbocycles. The number of imide groups is 1. The average Bonchev–Trinajstić information content (AvgIpc) is 1.63. The van der Waals surface area contributed by atoms with Crippen LogP contribution in [0.15, 0.2) is 38.0 Å². The van der Waals surface area contributed by atoms with Crippen LogP contribution in [0.5, 0.6) is 0 Å². The van der Waals surface area contributed by atoms with Gasteiger partial charge in [-0.3, -0.25) is 46.6 Å². The molecule has 54 heteroatoms. The first kappa shape index (κ1) is 86.5. The molecule has 5 fully saturated rings. The number of nitrogens with one attached hydrogen (secondary N) is 3. The van der Waals surface area contributed by atoms with Crippen LogP contribution in [0.1, 0.15) is 90.3 Å². The predicted molar refractivity (Wildman–Crippen MR) is 397 cm³/mol. The van der Waals surface area contributed by atoms with Gasteiger partial charge in [0.05, 0.1) is 50.2 Å². The number of nitrogens with two attached hydrogens (primary N) is 3. The summed E-state index contributed by atoms with van der Waals surface area (Å²) in [5.74, 6) is -3.88. The van der Waals surface area contributed by atoms with Gasteiger partial charge in [0.25, 0.3) is 0 Å². The number of imidazole rings is 3. The SMILES string of the molecule is CCCC(NC(=O)NC(CSC1CC(=O)N(CC2CCC(C(=O)NCCCOP(O)(=S)OC3[C@@H](O)[C@@H](CC)O[C@H]3n3cnc4c(N)ncnc43)CC2)C1=O)C(=O)O)C(=O)O.COP(O)(=S)OC1[C@@H](O)[C@@H](COP(O)(=S)OC2[C@@H](O)[C@@H](COP(O)(O)=S)O[C@H]2n2cnc3c(N)ncnc32)O[C@H]1n1cnc2c(N)ncnc21. The molecule has 4 aliphatic heterocycles. The van der Waals surface area contributed by atoms with Gasteiger partial charge in [-0.15, -0.1) is 11.8 Å². The van der Waals surface area contributed by atoms with E-state index in [-0.39, 0.29) is 102 Å². The second-order valence-corrected chi connectivity index (χ2v) is 37.8. The van der Waals surface area contributed by atoms with Crippen LogP contribution in [-0.4, -0.2) is 267 Å². The largest absolute Gasteiger partial charge is 0.480 e. The summed E-state index contributed by atoms with van der Waals surface area (Å²) in [7, 11) is 1.13. The van der Waals surface area contributed by atoms with Crippen molar-refractivity contribution < 1.29 is 125 Å². The maximum atomic E-state index is 13.2. The molecule has 1 aliphatic carbocycles. The lowest BCUT2D eigenvalue weighted by Crippen LogP contribution is -2.52. The van der Waals surface area contributed by atoms with Crippen molar-refractivity contribution in [2.45, 2.75) is 163 Å². The number of nitrogen functional groups attached to an aromatic ring is 3. The Bertz CT molecular complexity index is 4510. The summed E-state index contributed by atoms with van der Waals surface area (Å²) in [5.41, 5.74) is 19.2. The van der Waals surface area contributed by atoms with E-state index in [1.807, 2.05) is 6.92 Å². The standard InChI is InChI=1S/C35H52N9O13PS2.C21H29N10O13P3S3/c1-3-6-20(33(49)50)41-35(53)42-21(34(51)52)15-60-23-13-24(45)43(31(23)48)14-18-7-9-19(10-8-18)30(47)37-11-5-12-55-58(54,59)57-27-26(46)22(4-2)56-32(27)44-17-40-25-28(36)38-16-39-29(25)44;1-38-46(36,49)43-14-13(33)9(42-20(14)30-6-28-10-16(22)24-4-26-18(10)30)3-40-47(37,50)44-15-12(32)8(2-39-45(34,35)48)41-21(15)31-7-29-11-17(23)25-5-27-19(11)31/h16-23,26-27,32,46H,3-15H2,1-2H3,(H,37,47)(H,49,50)(H,51,52)(H,54,59)(H2,36,38,39)(H2,41,42,53);4-9,12-15,20-21,32-33H,2-3H2,1H3,(H,36,49)(H,37,50)(H2,22,24,26)(H2,23,25,27)(H2,34,35,48)/t18?,19?,20?,21?,22-,23?,26+,27?,32-,58?;8-,9-,12+,13+,14?,15?,20-,21-,46?,47?/m11/s1. The molecule has 5 aliphatic rings. The molecule has 18 atom stereocenters. The Morgan fingerprint density at radius 2 is 1.07 bits per heavy atom. The zero-order chi connectivity index (χ0) is 79.9.